The van der Waals surface area contributed by atoms with Crippen molar-refractivity contribution in [2.75, 3.05) is 0 Å². The van der Waals surface area contributed by atoms with Crippen LogP contribution in [-0.4, -0.2) is 10.8 Å². The Morgan fingerprint density at radius 3 is 2.59 bits per heavy atom. The molecule has 0 bridgehead atoms. The monoisotopic (exact) mass is 253 g/mol. The normalized spacial score (nSPS) is 13.7. The van der Waals surface area contributed by atoms with Crippen LogP contribution in [0.2, 0.25) is 0 Å². The lowest BCUT2D eigenvalue weighted by molar-refractivity contribution is -0.119. The van der Waals surface area contributed by atoms with Gasteiger partial charge in [0.15, 0.2) is 0 Å². The summed E-state index contributed by atoms with van der Waals surface area (Å²) in [7, 11) is 0. The summed E-state index contributed by atoms with van der Waals surface area (Å²) in [4.78, 5) is 16.4. The molecule has 0 aliphatic carbocycles. The van der Waals surface area contributed by atoms with Gasteiger partial charge in [-0.25, -0.2) is 4.98 Å². The van der Waals surface area contributed by atoms with Crippen LogP contribution in [0.3, 0.4) is 0 Å². The Morgan fingerprint density at radius 1 is 1.47 bits per heavy atom. The van der Waals surface area contributed by atoms with E-state index < -0.39 is 0 Å². The molecule has 1 unspecified atom stereocenters. The average molecular weight is 253 g/mol. The van der Waals surface area contributed by atoms with Crippen molar-refractivity contribution in [3.05, 3.63) is 16.1 Å². The minimum absolute atomic E-state index is 0.0779. The highest BCUT2D eigenvalue weighted by atomic mass is 32.1. The van der Waals surface area contributed by atoms with Gasteiger partial charge in [-0.05, 0) is 5.92 Å². The lowest BCUT2D eigenvalue weighted by Gasteiger charge is -2.14. The molecule has 0 saturated heterocycles. The van der Waals surface area contributed by atoms with Crippen molar-refractivity contribution in [3.63, 3.8) is 0 Å². The summed E-state index contributed by atoms with van der Waals surface area (Å²) in [5, 5.41) is 3.04. The van der Waals surface area contributed by atoms with E-state index in [0.717, 1.165) is 17.1 Å². The Bertz CT molecular complexity index is 376. The van der Waals surface area contributed by atoms with Crippen molar-refractivity contribution >= 4 is 17.1 Å². The van der Waals surface area contributed by atoms with Gasteiger partial charge in [0.25, 0.3) is 0 Å². The van der Waals surface area contributed by atoms with E-state index in [2.05, 4.69) is 45.0 Å². The zero-order chi connectivity index (χ0) is 13.1. The van der Waals surface area contributed by atoms with Gasteiger partial charge in [-0.1, -0.05) is 41.0 Å². The summed E-state index contributed by atoms with van der Waals surface area (Å²) in [6.07, 6.45) is 2.25. The lowest BCUT2D eigenvalue weighted by Crippen LogP contribution is -2.12. The van der Waals surface area contributed by atoms with Crippen LogP contribution in [0, 0.1) is 5.92 Å². The maximum Gasteiger partial charge on any atom is 0.139 e. The Morgan fingerprint density at radius 2 is 2.12 bits per heavy atom. The molecule has 0 aliphatic heterocycles. The van der Waals surface area contributed by atoms with Crippen molar-refractivity contribution in [2.24, 2.45) is 5.92 Å². The van der Waals surface area contributed by atoms with Gasteiger partial charge in [0.1, 0.15) is 10.8 Å². The van der Waals surface area contributed by atoms with Crippen molar-refractivity contribution < 1.29 is 4.79 Å². The smallest absolute Gasteiger partial charge is 0.139 e. The van der Waals surface area contributed by atoms with E-state index in [4.69, 9.17) is 0 Å². The van der Waals surface area contributed by atoms with E-state index in [9.17, 15) is 4.79 Å². The number of carbonyl (C=O) groups is 1. The molecule has 0 N–H and O–H groups in total. The van der Waals surface area contributed by atoms with E-state index in [1.165, 1.54) is 0 Å². The second kappa shape index (κ2) is 5.76. The van der Waals surface area contributed by atoms with Crippen molar-refractivity contribution in [1.29, 1.82) is 0 Å². The molecular formula is C14H23NOS. The number of aromatic nitrogens is 1. The molecule has 1 rings (SSSR count). The molecule has 0 fully saturated rings. The first kappa shape index (κ1) is 14.4. The van der Waals surface area contributed by atoms with E-state index in [-0.39, 0.29) is 5.41 Å². The maximum absolute atomic E-state index is 11.8. The fourth-order valence-electron chi connectivity index (χ4n) is 1.51. The molecule has 1 heterocycles. The standard InChI is InChI=1S/C14H23NOS/c1-6-10(2)7-11(16)8-13-15-12(9-17-13)14(3,4)5/h9-10H,6-8H2,1-5H3. The Kier molecular flexibility index (Phi) is 4.87. The maximum atomic E-state index is 11.8. The highest BCUT2D eigenvalue weighted by molar-refractivity contribution is 7.09. The highest BCUT2D eigenvalue weighted by Crippen LogP contribution is 2.24. The molecule has 0 aromatic carbocycles. The van der Waals surface area contributed by atoms with E-state index in [1.807, 2.05) is 0 Å². The molecule has 1 aromatic heterocycles. The Labute approximate surface area is 108 Å². The third-order valence-corrected chi connectivity index (χ3v) is 3.79. The molecule has 96 valence electrons. The van der Waals surface area contributed by atoms with Crippen molar-refractivity contribution in [1.82, 2.24) is 4.98 Å². The molecule has 0 amide bonds. The molecule has 1 aromatic rings. The fourth-order valence-corrected chi connectivity index (χ4v) is 2.56. The largest absolute Gasteiger partial charge is 0.299 e. The first-order valence-corrected chi connectivity index (χ1v) is 7.17. The van der Waals surface area contributed by atoms with Crippen LogP contribution >= 0.6 is 11.3 Å². The summed E-state index contributed by atoms with van der Waals surface area (Å²) in [6, 6.07) is 0. The minimum Gasteiger partial charge on any atom is -0.299 e. The number of rotatable bonds is 5. The zero-order valence-electron chi connectivity index (χ0n) is 11.5. The first-order chi connectivity index (χ1) is 7.82. The van der Waals surface area contributed by atoms with Gasteiger partial charge in [0.05, 0.1) is 12.1 Å². The van der Waals surface area contributed by atoms with Crippen molar-refractivity contribution in [2.45, 2.75) is 59.3 Å². The molecule has 0 spiro atoms. The minimum atomic E-state index is 0.0779. The number of ketones is 1. The predicted octanol–water partition coefficient (Wildman–Crippen LogP) is 3.99. The zero-order valence-corrected chi connectivity index (χ0v) is 12.4. The molecule has 2 nitrogen and oxygen atoms in total. The summed E-state index contributed by atoms with van der Waals surface area (Å²) >= 11 is 1.61. The van der Waals surface area contributed by atoms with E-state index in [0.29, 0.717) is 24.5 Å². The quantitative estimate of drug-likeness (QED) is 0.794. The van der Waals surface area contributed by atoms with Crippen LogP contribution < -0.4 is 0 Å². The fraction of sp³-hybridized carbons (Fsp3) is 0.714. The van der Waals surface area contributed by atoms with Gasteiger partial charge in [-0.2, -0.15) is 0 Å². The van der Waals surface area contributed by atoms with Crippen LogP contribution in [0.5, 0.6) is 0 Å². The number of nitrogens with zero attached hydrogens (tertiary/aromatic N) is 1. The van der Waals surface area contributed by atoms with Crippen LogP contribution in [-0.2, 0) is 16.6 Å². The molecule has 0 radical (unpaired) electrons. The number of hydrogen-bond acceptors (Lipinski definition) is 3. The molecular weight excluding hydrogens is 230 g/mol. The van der Waals surface area contributed by atoms with Gasteiger partial charge in [-0.3, -0.25) is 4.79 Å². The Balaban J connectivity index is 2.58. The predicted molar refractivity (Wildman–Crippen MR) is 73.6 cm³/mol. The first-order valence-electron chi connectivity index (χ1n) is 6.29. The van der Waals surface area contributed by atoms with Gasteiger partial charge in [0.2, 0.25) is 0 Å². The topological polar surface area (TPSA) is 30.0 Å². The average Bonchev–Trinajstić information content (AvgIpc) is 2.65. The van der Waals surface area contributed by atoms with Crippen molar-refractivity contribution in [3.8, 4) is 0 Å². The second-order valence-corrected chi connectivity index (χ2v) is 6.75. The summed E-state index contributed by atoms with van der Waals surface area (Å²) in [5.74, 6) is 0.804. The lowest BCUT2D eigenvalue weighted by atomic mass is 9.93. The highest BCUT2D eigenvalue weighted by Gasteiger charge is 2.18. The molecule has 1 atom stereocenters. The second-order valence-electron chi connectivity index (χ2n) is 5.81. The SMILES string of the molecule is CCC(C)CC(=O)Cc1nc(C(C)(C)C)cs1. The summed E-state index contributed by atoms with van der Waals surface area (Å²) < 4.78 is 0. The van der Waals surface area contributed by atoms with Gasteiger partial charge >= 0.3 is 0 Å². The number of Topliss-reactive ketones (excluding diaryl/α,β-unsaturated/α-hetero) is 1. The molecule has 17 heavy (non-hydrogen) atoms. The molecule has 0 saturated carbocycles. The van der Waals surface area contributed by atoms with Crippen LogP contribution in [0.1, 0.15) is 58.2 Å². The van der Waals surface area contributed by atoms with Crippen LogP contribution in [0.25, 0.3) is 0 Å². The number of carbonyl (C=O) groups excluding carboxylic acids is 1. The molecule has 3 heteroatoms. The van der Waals surface area contributed by atoms with Gasteiger partial charge in [0, 0.05) is 17.2 Å². The van der Waals surface area contributed by atoms with E-state index in [1.54, 1.807) is 11.3 Å². The van der Waals surface area contributed by atoms with Crippen LogP contribution in [0.4, 0.5) is 0 Å². The third kappa shape index (κ3) is 4.58. The van der Waals surface area contributed by atoms with Gasteiger partial charge < -0.3 is 0 Å². The third-order valence-electron chi connectivity index (χ3n) is 2.94. The summed E-state index contributed by atoms with van der Waals surface area (Å²) in [5.41, 5.74) is 1.17. The Hall–Kier alpha value is -0.700. The van der Waals surface area contributed by atoms with Crippen LogP contribution in [0.15, 0.2) is 5.38 Å². The van der Waals surface area contributed by atoms with Gasteiger partial charge in [-0.15, -0.1) is 11.3 Å². The number of hydrogen-bond donors (Lipinski definition) is 0. The van der Waals surface area contributed by atoms with E-state index >= 15 is 0 Å². The number of thiazole rings is 1. The molecule has 0 aliphatic rings. The summed E-state index contributed by atoms with van der Waals surface area (Å²) in [6.45, 7) is 10.7.